The summed E-state index contributed by atoms with van der Waals surface area (Å²) in [5, 5.41) is 7.35. The van der Waals surface area contributed by atoms with Crippen molar-refractivity contribution in [2.75, 3.05) is 0 Å². The first-order valence-corrected chi connectivity index (χ1v) is 11.2. The van der Waals surface area contributed by atoms with Crippen LogP contribution in [-0.2, 0) is 16.1 Å². The molecule has 1 aliphatic rings. The Hall–Kier alpha value is 0.168. The van der Waals surface area contributed by atoms with Gasteiger partial charge in [-0.25, -0.2) is 0 Å². The Bertz CT molecular complexity index is 191. The normalized spacial score (nSPS) is 20.4. The summed E-state index contributed by atoms with van der Waals surface area (Å²) >= 11 is -1.35. The Morgan fingerprint density at radius 3 is 2.10 bits per heavy atom. The summed E-state index contributed by atoms with van der Waals surface area (Å²) < 4.78 is 1.74. The van der Waals surface area contributed by atoms with Crippen molar-refractivity contribution in [2.24, 2.45) is 0 Å². The molecule has 0 aromatic carbocycles. The Kier molecular flexibility index (Phi) is 2.20. The summed E-state index contributed by atoms with van der Waals surface area (Å²) in [6.45, 7) is 2.19. The average molecular weight is 319 g/mol. The molecule has 0 unspecified atom stereocenters. The van der Waals surface area contributed by atoms with E-state index < -0.39 is 16.1 Å². The Balaban J connectivity index is 2.73. The summed E-state index contributed by atoms with van der Waals surface area (Å²) in [6.07, 6.45) is 5.97. The van der Waals surface area contributed by atoms with Crippen LogP contribution in [-0.4, -0.2) is 0 Å². The van der Waals surface area contributed by atoms with Crippen LogP contribution in [0.5, 0.6) is 0 Å². The summed E-state index contributed by atoms with van der Waals surface area (Å²) in [6, 6.07) is 0. The quantitative estimate of drug-likeness (QED) is 0.694. The minimum absolute atomic E-state index is 1.24. The molecule has 0 nitrogen and oxygen atoms in total. The van der Waals surface area contributed by atoms with E-state index in [9.17, 15) is 0 Å². The topological polar surface area (TPSA) is 0 Å². The van der Waals surface area contributed by atoms with Crippen LogP contribution in [0.3, 0.4) is 0 Å². The minimum atomic E-state index is -1.35. The first-order valence-electron chi connectivity index (χ1n) is 3.23. The van der Waals surface area contributed by atoms with Gasteiger partial charge < -0.3 is 0 Å². The number of rotatable bonds is 1. The van der Waals surface area contributed by atoms with Crippen LogP contribution in [0.25, 0.3) is 0 Å². The van der Waals surface area contributed by atoms with Gasteiger partial charge in [-0.3, -0.25) is 0 Å². The molecular weight excluding hydrogens is 303 g/mol. The van der Waals surface area contributed by atoms with Crippen LogP contribution < -0.4 is 0 Å². The first-order chi connectivity index (χ1) is 4.50. The monoisotopic (exact) mass is 319 g/mol. The molecule has 0 atom stereocenters. The maximum atomic E-state index is 2.45. The van der Waals surface area contributed by atoms with Gasteiger partial charge in [-0.15, -0.1) is 0 Å². The molecule has 1 heteroatoms. The van der Waals surface area contributed by atoms with Gasteiger partial charge in [-0.05, 0) is 0 Å². The van der Waals surface area contributed by atoms with E-state index in [0.717, 1.165) is 0 Å². The van der Waals surface area contributed by atoms with Gasteiger partial charge in [0, 0.05) is 0 Å². The van der Waals surface area contributed by atoms with Gasteiger partial charge in [0.15, 0.2) is 0 Å². The van der Waals surface area contributed by atoms with Crippen molar-refractivity contribution in [1.82, 2.24) is 0 Å². The molecule has 0 aliphatic heterocycles. The van der Waals surface area contributed by atoms with E-state index in [4.69, 9.17) is 0 Å². The molecule has 62 valence electrons. The fourth-order valence-electron chi connectivity index (χ4n) is 0.934. The van der Waals surface area contributed by atoms with Crippen molar-refractivity contribution in [3.05, 3.63) is 21.7 Å². The molecule has 1 rings (SSSR count). The van der Waals surface area contributed by atoms with Crippen molar-refractivity contribution >= 4 is 0 Å². The average Bonchev–Trinajstić information content (AvgIpc) is 2.11. The van der Waals surface area contributed by atoms with Crippen LogP contribution in [0.15, 0.2) is 21.7 Å². The summed E-state index contributed by atoms with van der Waals surface area (Å²) in [5.74, 6) is 0. The molecule has 0 N–H and O–H groups in total. The molecule has 0 bridgehead atoms. The molecular formula is C9H16Pt. The van der Waals surface area contributed by atoms with E-state index in [0.29, 0.717) is 0 Å². The zero-order valence-electron chi connectivity index (χ0n) is 7.18. The Morgan fingerprint density at radius 1 is 1.30 bits per heavy atom. The maximum absolute atomic E-state index is 2.45. The van der Waals surface area contributed by atoms with Crippen molar-refractivity contribution in [3.8, 4) is 0 Å². The van der Waals surface area contributed by atoms with E-state index in [1.54, 1.807) is 3.96 Å². The zero-order valence-corrected chi connectivity index (χ0v) is 9.45. The van der Waals surface area contributed by atoms with Crippen LogP contribution >= 0.6 is 0 Å². The zero-order chi connectivity index (χ0) is 7.78. The Labute approximate surface area is 67.2 Å². The number of hydrogen-bond donors (Lipinski definition) is 0. The van der Waals surface area contributed by atoms with E-state index in [1.165, 1.54) is 12.0 Å². The Morgan fingerprint density at radius 2 is 1.90 bits per heavy atom. The number of hydrogen-bond acceptors (Lipinski definition) is 0. The van der Waals surface area contributed by atoms with Crippen LogP contribution in [0.2, 0.25) is 15.9 Å². The molecule has 0 spiro atoms. The van der Waals surface area contributed by atoms with Crippen LogP contribution in [0.4, 0.5) is 0 Å². The van der Waals surface area contributed by atoms with Gasteiger partial charge in [-0.2, -0.15) is 0 Å². The standard InChI is InChI=1S/C6H7.3CH3.Pt/c1-6-4-2-3-5-6;;;;/h4-5H,2H2,1H3;3*1H3;. The summed E-state index contributed by atoms with van der Waals surface area (Å²) in [5.41, 5.74) is 1.47. The third-order valence-corrected chi connectivity index (χ3v) is 6.76. The fourth-order valence-corrected chi connectivity index (χ4v) is 4.06. The van der Waals surface area contributed by atoms with Gasteiger partial charge in [0.25, 0.3) is 0 Å². The molecule has 0 saturated heterocycles. The van der Waals surface area contributed by atoms with Gasteiger partial charge in [-0.1, -0.05) is 0 Å². The van der Waals surface area contributed by atoms with Gasteiger partial charge >= 0.3 is 67.0 Å². The molecule has 0 aromatic heterocycles. The second-order valence-corrected chi connectivity index (χ2v) is 14.8. The third kappa shape index (κ3) is 1.82. The van der Waals surface area contributed by atoms with Crippen molar-refractivity contribution in [2.45, 2.75) is 29.3 Å². The molecule has 10 heavy (non-hydrogen) atoms. The van der Waals surface area contributed by atoms with Crippen LogP contribution in [0, 0.1) is 0 Å². The fraction of sp³-hybridized carbons (Fsp3) is 0.556. The summed E-state index contributed by atoms with van der Waals surface area (Å²) in [7, 11) is 0. The molecule has 0 aromatic rings. The third-order valence-electron chi connectivity index (χ3n) is 1.59. The van der Waals surface area contributed by atoms with E-state index in [-0.39, 0.29) is 0 Å². The SMILES string of the molecule is CC1=CC[C]([Pt]([CH3])([CH3])[CH3])=C1. The van der Waals surface area contributed by atoms with Gasteiger partial charge in [0.2, 0.25) is 0 Å². The summed E-state index contributed by atoms with van der Waals surface area (Å²) in [4.78, 5) is 0. The molecule has 0 radical (unpaired) electrons. The molecule has 0 fully saturated rings. The van der Waals surface area contributed by atoms with E-state index in [1.807, 2.05) is 0 Å². The molecule has 0 saturated carbocycles. The van der Waals surface area contributed by atoms with E-state index in [2.05, 4.69) is 35.0 Å². The van der Waals surface area contributed by atoms with E-state index >= 15 is 0 Å². The predicted molar refractivity (Wildman–Crippen MR) is 44.0 cm³/mol. The van der Waals surface area contributed by atoms with Crippen molar-refractivity contribution in [1.29, 1.82) is 0 Å². The van der Waals surface area contributed by atoms with Gasteiger partial charge in [0.1, 0.15) is 0 Å². The van der Waals surface area contributed by atoms with Crippen LogP contribution in [0.1, 0.15) is 13.3 Å². The van der Waals surface area contributed by atoms with Crippen molar-refractivity contribution < 1.29 is 16.1 Å². The predicted octanol–water partition coefficient (Wildman–Crippen LogP) is 3.52. The van der Waals surface area contributed by atoms with Gasteiger partial charge in [0.05, 0.1) is 0 Å². The first kappa shape index (κ1) is 8.27. The second kappa shape index (κ2) is 2.66. The molecule has 0 amide bonds. The second-order valence-electron chi connectivity index (χ2n) is 3.13. The molecule has 1 aliphatic carbocycles. The number of allylic oxidation sites excluding steroid dienone is 4. The molecule has 0 heterocycles. The van der Waals surface area contributed by atoms with Crippen molar-refractivity contribution in [3.63, 3.8) is 0 Å².